The molecule has 5 rings (SSSR count). The Bertz CT molecular complexity index is 1540. The van der Waals surface area contributed by atoms with Crippen LogP contribution in [0.5, 0.6) is 11.5 Å². The smallest absolute Gasteiger partial charge is 0.289 e. The molecule has 0 spiro atoms. The molecule has 0 aliphatic heterocycles. The SMILES string of the molecule is O=C(N/N=C/c1c(O)ccc2ccccc12)c1cc(-c2ccc(OCc3ccc(Cl)cc3)cc2)n[nH]1. The first-order valence-electron chi connectivity index (χ1n) is 11.1. The van der Waals surface area contributed by atoms with Gasteiger partial charge in [-0.2, -0.15) is 10.2 Å². The Labute approximate surface area is 212 Å². The number of nitrogens with zero attached hydrogens (tertiary/aromatic N) is 2. The van der Waals surface area contributed by atoms with Crippen LogP contribution in [-0.2, 0) is 6.61 Å². The van der Waals surface area contributed by atoms with Crippen LogP contribution in [0.1, 0.15) is 21.6 Å². The molecule has 178 valence electrons. The summed E-state index contributed by atoms with van der Waals surface area (Å²) in [5.74, 6) is 0.344. The summed E-state index contributed by atoms with van der Waals surface area (Å²) >= 11 is 5.91. The quantitative estimate of drug-likeness (QED) is 0.192. The summed E-state index contributed by atoms with van der Waals surface area (Å²) < 4.78 is 5.81. The number of H-pyrrole nitrogens is 1. The molecule has 0 saturated heterocycles. The molecule has 0 fully saturated rings. The van der Waals surface area contributed by atoms with E-state index >= 15 is 0 Å². The summed E-state index contributed by atoms with van der Waals surface area (Å²) in [5, 5.41) is 23.7. The topological polar surface area (TPSA) is 99.6 Å². The summed E-state index contributed by atoms with van der Waals surface area (Å²) in [6.07, 6.45) is 1.43. The Morgan fingerprint density at radius 2 is 1.81 bits per heavy atom. The van der Waals surface area contributed by atoms with E-state index in [0.717, 1.165) is 21.9 Å². The number of aromatic nitrogens is 2. The van der Waals surface area contributed by atoms with Gasteiger partial charge in [-0.1, -0.05) is 54.1 Å². The first-order valence-corrected chi connectivity index (χ1v) is 11.5. The number of fused-ring (bicyclic) bond motifs is 1. The number of hydrogen-bond donors (Lipinski definition) is 3. The predicted octanol–water partition coefficient (Wildman–Crippen LogP) is 5.93. The van der Waals surface area contributed by atoms with Crippen LogP contribution < -0.4 is 10.2 Å². The first-order chi connectivity index (χ1) is 17.6. The number of aromatic amines is 1. The number of carbonyl (C=O) groups is 1. The number of ether oxygens (including phenoxy) is 1. The Hall–Kier alpha value is -4.62. The van der Waals surface area contributed by atoms with Gasteiger partial charge in [-0.15, -0.1) is 0 Å². The van der Waals surface area contributed by atoms with Gasteiger partial charge in [-0.25, -0.2) is 5.43 Å². The largest absolute Gasteiger partial charge is 0.507 e. The van der Waals surface area contributed by atoms with Gasteiger partial charge in [0.2, 0.25) is 0 Å². The van der Waals surface area contributed by atoms with E-state index < -0.39 is 5.91 Å². The van der Waals surface area contributed by atoms with Crippen molar-refractivity contribution in [2.24, 2.45) is 5.10 Å². The molecule has 1 heterocycles. The van der Waals surface area contributed by atoms with Crippen molar-refractivity contribution in [3.63, 3.8) is 0 Å². The molecule has 5 aromatic rings. The third-order valence-electron chi connectivity index (χ3n) is 5.60. The van der Waals surface area contributed by atoms with E-state index in [1.807, 2.05) is 78.9 Å². The number of amides is 1. The monoisotopic (exact) mass is 496 g/mol. The predicted molar refractivity (Wildman–Crippen MR) is 140 cm³/mol. The Morgan fingerprint density at radius 1 is 1.03 bits per heavy atom. The summed E-state index contributed by atoms with van der Waals surface area (Å²) in [6.45, 7) is 0.431. The number of rotatable bonds is 7. The van der Waals surface area contributed by atoms with Crippen LogP contribution in [0, 0.1) is 0 Å². The molecule has 0 aliphatic rings. The molecule has 0 radical (unpaired) electrons. The van der Waals surface area contributed by atoms with Crippen molar-refractivity contribution >= 4 is 34.5 Å². The lowest BCUT2D eigenvalue weighted by Gasteiger charge is -2.07. The van der Waals surface area contributed by atoms with E-state index in [1.165, 1.54) is 6.21 Å². The fraction of sp³-hybridized carbons (Fsp3) is 0.0357. The number of nitrogens with one attached hydrogen (secondary N) is 2. The number of phenolic OH excluding ortho intramolecular Hbond substituents is 1. The number of carbonyl (C=O) groups excluding carboxylic acids is 1. The van der Waals surface area contributed by atoms with Gasteiger partial charge < -0.3 is 9.84 Å². The minimum Gasteiger partial charge on any atom is -0.507 e. The summed E-state index contributed by atoms with van der Waals surface area (Å²) in [5.41, 5.74) is 5.71. The summed E-state index contributed by atoms with van der Waals surface area (Å²) in [6, 6.07) is 27.6. The lowest BCUT2D eigenvalue weighted by Crippen LogP contribution is -2.18. The third kappa shape index (κ3) is 5.21. The Kier molecular flexibility index (Phi) is 6.64. The zero-order valence-corrected chi connectivity index (χ0v) is 19.7. The van der Waals surface area contributed by atoms with E-state index in [4.69, 9.17) is 16.3 Å². The standard InChI is InChI=1S/C28H21ClN4O3/c29-21-10-5-18(6-11-21)17-36-22-12-7-20(8-13-22)25-15-26(32-31-25)28(35)33-30-16-24-23-4-2-1-3-19(23)9-14-27(24)34/h1-16,34H,17H2,(H,31,32)(H,33,35)/b30-16+. The second kappa shape index (κ2) is 10.3. The maximum atomic E-state index is 12.5. The van der Waals surface area contributed by atoms with Gasteiger partial charge in [0.1, 0.15) is 23.8 Å². The molecule has 3 N–H and O–H groups in total. The maximum absolute atomic E-state index is 12.5. The van der Waals surface area contributed by atoms with Crippen molar-refractivity contribution in [2.45, 2.75) is 6.61 Å². The average molecular weight is 497 g/mol. The Balaban J connectivity index is 1.21. The first kappa shape index (κ1) is 23.1. The second-order valence-corrected chi connectivity index (χ2v) is 8.46. The van der Waals surface area contributed by atoms with Crippen molar-refractivity contribution < 1.29 is 14.6 Å². The highest BCUT2D eigenvalue weighted by Gasteiger charge is 2.11. The Morgan fingerprint density at radius 3 is 2.61 bits per heavy atom. The van der Waals surface area contributed by atoms with Gasteiger partial charge in [0.25, 0.3) is 5.91 Å². The molecule has 4 aromatic carbocycles. The highest BCUT2D eigenvalue weighted by atomic mass is 35.5. The highest BCUT2D eigenvalue weighted by molar-refractivity contribution is 6.30. The van der Waals surface area contributed by atoms with Crippen LogP contribution in [0.3, 0.4) is 0 Å². The van der Waals surface area contributed by atoms with Crippen molar-refractivity contribution in [2.75, 3.05) is 0 Å². The molecule has 0 bridgehead atoms. The van der Waals surface area contributed by atoms with Gasteiger partial charge in [0.05, 0.1) is 11.9 Å². The molecule has 0 atom stereocenters. The lowest BCUT2D eigenvalue weighted by molar-refractivity contribution is 0.0950. The zero-order valence-electron chi connectivity index (χ0n) is 19.0. The minimum absolute atomic E-state index is 0.0797. The lowest BCUT2D eigenvalue weighted by atomic mass is 10.0. The van der Waals surface area contributed by atoms with E-state index in [0.29, 0.717) is 28.6 Å². The normalized spacial score (nSPS) is 11.1. The van der Waals surface area contributed by atoms with Crippen molar-refractivity contribution in [3.8, 4) is 22.8 Å². The van der Waals surface area contributed by atoms with Crippen molar-refractivity contribution in [1.82, 2.24) is 15.6 Å². The molecule has 36 heavy (non-hydrogen) atoms. The van der Waals surface area contributed by atoms with E-state index in [1.54, 1.807) is 12.1 Å². The fourth-order valence-electron chi connectivity index (χ4n) is 3.69. The average Bonchev–Trinajstić information content (AvgIpc) is 3.40. The van der Waals surface area contributed by atoms with Crippen LogP contribution >= 0.6 is 11.6 Å². The summed E-state index contributed by atoms with van der Waals surface area (Å²) in [4.78, 5) is 12.5. The number of benzene rings is 4. The second-order valence-electron chi connectivity index (χ2n) is 8.03. The molecular weight excluding hydrogens is 476 g/mol. The van der Waals surface area contributed by atoms with Gasteiger partial charge in [0, 0.05) is 16.1 Å². The van der Waals surface area contributed by atoms with Crippen LogP contribution in [-0.4, -0.2) is 27.4 Å². The van der Waals surface area contributed by atoms with Gasteiger partial charge >= 0.3 is 0 Å². The van der Waals surface area contributed by atoms with E-state index in [9.17, 15) is 9.90 Å². The van der Waals surface area contributed by atoms with Crippen molar-refractivity contribution in [1.29, 1.82) is 0 Å². The van der Waals surface area contributed by atoms with Crippen molar-refractivity contribution in [3.05, 3.63) is 113 Å². The van der Waals surface area contributed by atoms with Crippen LogP contribution in [0.25, 0.3) is 22.0 Å². The molecule has 1 amide bonds. The molecule has 1 aromatic heterocycles. The van der Waals surface area contributed by atoms with Gasteiger partial charge in [0.15, 0.2) is 0 Å². The van der Waals surface area contributed by atoms with E-state index in [-0.39, 0.29) is 11.4 Å². The molecule has 0 saturated carbocycles. The van der Waals surface area contributed by atoms with Crippen LogP contribution in [0.4, 0.5) is 0 Å². The number of hydrogen-bond acceptors (Lipinski definition) is 5. The van der Waals surface area contributed by atoms with Gasteiger partial charge in [-0.3, -0.25) is 9.89 Å². The number of phenols is 1. The molecule has 7 nitrogen and oxygen atoms in total. The number of halogens is 1. The minimum atomic E-state index is -0.451. The third-order valence-corrected chi connectivity index (χ3v) is 5.85. The number of aromatic hydroxyl groups is 1. The molecule has 0 unspecified atom stereocenters. The molecule has 0 aliphatic carbocycles. The number of hydrazone groups is 1. The fourth-order valence-corrected chi connectivity index (χ4v) is 3.82. The van der Waals surface area contributed by atoms with Crippen LogP contribution in [0.2, 0.25) is 5.02 Å². The summed E-state index contributed by atoms with van der Waals surface area (Å²) in [7, 11) is 0. The zero-order chi connectivity index (χ0) is 24.9. The highest BCUT2D eigenvalue weighted by Crippen LogP contribution is 2.25. The van der Waals surface area contributed by atoms with E-state index in [2.05, 4.69) is 20.7 Å². The maximum Gasteiger partial charge on any atom is 0.289 e. The van der Waals surface area contributed by atoms with Crippen LogP contribution in [0.15, 0.2) is 96.1 Å². The van der Waals surface area contributed by atoms with Gasteiger partial charge in [-0.05, 0) is 64.9 Å². The molecular formula is C28H21ClN4O3. The molecule has 8 heteroatoms.